The van der Waals surface area contributed by atoms with E-state index < -0.39 is 23.4 Å². The Morgan fingerprint density at radius 1 is 0.895 bits per heavy atom. The van der Waals surface area contributed by atoms with E-state index >= 15 is 0 Å². The number of allylic oxidation sites excluding steroid dienone is 2. The van der Waals surface area contributed by atoms with Crippen molar-refractivity contribution < 1.29 is 33.4 Å². The smallest absolute Gasteiger partial charge is 0.308 e. The number of benzene rings is 2. The van der Waals surface area contributed by atoms with E-state index in [9.17, 15) is 19.2 Å². The number of amides is 1. The fourth-order valence-corrected chi connectivity index (χ4v) is 4.21. The molecule has 1 amide bonds. The molecule has 3 aromatic rings. The minimum atomic E-state index is -0.618. The van der Waals surface area contributed by atoms with Crippen LogP contribution in [0.2, 0.25) is 0 Å². The van der Waals surface area contributed by atoms with Crippen LogP contribution in [0.15, 0.2) is 65.8 Å². The Labute approximate surface area is 218 Å². The molecule has 0 saturated carbocycles. The van der Waals surface area contributed by atoms with Gasteiger partial charge in [-0.15, -0.1) is 0 Å². The Morgan fingerprint density at radius 3 is 2.13 bits per heavy atom. The van der Waals surface area contributed by atoms with Crippen LogP contribution in [-0.2, 0) is 23.9 Å². The van der Waals surface area contributed by atoms with Crippen LogP contribution in [0, 0.1) is 6.92 Å². The van der Waals surface area contributed by atoms with Gasteiger partial charge in [-0.1, -0.05) is 12.1 Å². The number of Topliss-reactive ketones (excluding diaryl/α,β-unsaturated/α-hetero) is 2. The number of nitrogens with one attached hydrogen (secondary N) is 2. The van der Waals surface area contributed by atoms with Gasteiger partial charge in [-0.3, -0.25) is 24.3 Å². The number of carbonyl (C=O) groups excluding carboxylic acids is 4. The van der Waals surface area contributed by atoms with Gasteiger partial charge >= 0.3 is 5.97 Å². The number of nitrogens with zero attached hydrogens (tertiary/aromatic N) is 1. The SMILES string of the molecule is COC1=C(OC)C(=O)C(c2cc(C)c(OC(C)=O)c(C(=O)Nc3ccc(-c4ccn[nH]4)cc3)c2)=C(C)C1=O. The molecule has 0 unspecified atom stereocenters. The molecule has 4 rings (SSSR count). The number of ether oxygens (including phenoxy) is 3. The molecule has 0 saturated heterocycles. The lowest BCUT2D eigenvalue weighted by atomic mass is 9.86. The van der Waals surface area contributed by atoms with Crippen LogP contribution in [0.5, 0.6) is 5.75 Å². The van der Waals surface area contributed by atoms with Crippen molar-refractivity contribution in [2.75, 3.05) is 19.5 Å². The minimum Gasteiger partial charge on any atom is -0.489 e. The number of aromatic amines is 1. The Kier molecular flexibility index (Phi) is 7.24. The summed E-state index contributed by atoms with van der Waals surface area (Å²) in [4.78, 5) is 51.4. The minimum absolute atomic E-state index is 0.00822. The molecule has 0 bridgehead atoms. The van der Waals surface area contributed by atoms with Gasteiger partial charge in [0.2, 0.25) is 23.1 Å². The molecule has 1 aliphatic carbocycles. The summed E-state index contributed by atoms with van der Waals surface area (Å²) < 4.78 is 15.6. The lowest BCUT2D eigenvalue weighted by Gasteiger charge is -2.22. The quantitative estimate of drug-likeness (QED) is 0.274. The summed E-state index contributed by atoms with van der Waals surface area (Å²) in [6.07, 6.45) is 1.64. The summed E-state index contributed by atoms with van der Waals surface area (Å²) in [5.41, 5.74) is 3.09. The zero-order valence-corrected chi connectivity index (χ0v) is 21.4. The third-order valence-corrected chi connectivity index (χ3v) is 5.98. The lowest BCUT2D eigenvalue weighted by molar-refractivity contribution is -0.132. The van der Waals surface area contributed by atoms with Crippen molar-refractivity contribution in [1.82, 2.24) is 10.2 Å². The maximum Gasteiger partial charge on any atom is 0.308 e. The predicted molar refractivity (Wildman–Crippen MR) is 138 cm³/mol. The molecule has 1 aliphatic rings. The van der Waals surface area contributed by atoms with Gasteiger partial charge in [0.15, 0.2) is 0 Å². The Bertz CT molecular complexity index is 1510. The zero-order chi connectivity index (χ0) is 27.6. The van der Waals surface area contributed by atoms with Gasteiger partial charge in [0, 0.05) is 30.0 Å². The molecular formula is C28H25N3O7. The van der Waals surface area contributed by atoms with Crippen molar-refractivity contribution in [1.29, 1.82) is 0 Å². The highest BCUT2D eigenvalue weighted by Gasteiger charge is 2.36. The van der Waals surface area contributed by atoms with E-state index in [4.69, 9.17) is 14.2 Å². The van der Waals surface area contributed by atoms with Crippen LogP contribution in [0.1, 0.15) is 35.3 Å². The van der Waals surface area contributed by atoms with Gasteiger partial charge in [-0.2, -0.15) is 5.10 Å². The number of hydrogen-bond acceptors (Lipinski definition) is 8. The molecule has 10 heteroatoms. The lowest BCUT2D eigenvalue weighted by Crippen LogP contribution is -2.24. The van der Waals surface area contributed by atoms with Gasteiger partial charge in [0.25, 0.3) is 5.91 Å². The fourth-order valence-electron chi connectivity index (χ4n) is 4.21. The average molecular weight is 516 g/mol. The topological polar surface area (TPSA) is 137 Å². The second kappa shape index (κ2) is 10.6. The van der Waals surface area contributed by atoms with E-state index in [0.29, 0.717) is 16.8 Å². The van der Waals surface area contributed by atoms with Crippen molar-refractivity contribution in [3.63, 3.8) is 0 Å². The van der Waals surface area contributed by atoms with Crippen LogP contribution in [0.25, 0.3) is 16.8 Å². The molecule has 2 aromatic carbocycles. The molecule has 2 N–H and O–H groups in total. The largest absolute Gasteiger partial charge is 0.489 e. The van der Waals surface area contributed by atoms with Gasteiger partial charge < -0.3 is 19.5 Å². The highest BCUT2D eigenvalue weighted by Crippen LogP contribution is 2.36. The molecule has 38 heavy (non-hydrogen) atoms. The Hall–Kier alpha value is -4.99. The Balaban J connectivity index is 1.76. The number of H-pyrrole nitrogens is 1. The second-order valence-electron chi connectivity index (χ2n) is 8.49. The molecule has 194 valence electrons. The summed E-state index contributed by atoms with van der Waals surface area (Å²) in [6, 6.07) is 11.9. The summed E-state index contributed by atoms with van der Waals surface area (Å²) >= 11 is 0. The van der Waals surface area contributed by atoms with Crippen LogP contribution >= 0.6 is 0 Å². The van der Waals surface area contributed by atoms with Crippen LogP contribution in [-0.4, -0.2) is 47.9 Å². The third-order valence-electron chi connectivity index (χ3n) is 5.98. The van der Waals surface area contributed by atoms with E-state index in [0.717, 1.165) is 11.3 Å². The van der Waals surface area contributed by atoms with Crippen molar-refractivity contribution in [2.24, 2.45) is 0 Å². The average Bonchev–Trinajstić information content (AvgIpc) is 3.42. The van der Waals surface area contributed by atoms with Crippen molar-refractivity contribution in [2.45, 2.75) is 20.8 Å². The first kappa shape index (κ1) is 26.1. The Morgan fingerprint density at radius 2 is 1.55 bits per heavy atom. The number of esters is 1. The summed E-state index contributed by atoms with van der Waals surface area (Å²) in [5.74, 6) is -2.65. The zero-order valence-electron chi connectivity index (χ0n) is 21.4. The normalized spacial score (nSPS) is 13.5. The molecule has 1 heterocycles. The standard InChI is InChI=1S/C28H25N3O7/c1-14-12-18(22-15(2)23(33)26(36-4)27(37-5)24(22)34)13-20(25(14)38-16(3)32)28(35)30-19-8-6-17(7-9-19)21-10-11-29-31-21/h6-13H,1-5H3,(H,29,31)(H,30,35). The predicted octanol–water partition coefficient (Wildman–Crippen LogP) is 3.99. The number of methoxy groups -OCH3 is 2. The fraction of sp³-hybridized carbons (Fsp3) is 0.179. The number of rotatable bonds is 7. The van der Waals surface area contributed by atoms with E-state index in [1.54, 1.807) is 31.3 Å². The number of aryl methyl sites for hydroxylation is 1. The van der Waals surface area contributed by atoms with E-state index in [1.807, 2.05) is 18.2 Å². The number of anilines is 1. The van der Waals surface area contributed by atoms with Gasteiger partial charge in [0.05, 0.1) is 25.5 Å². The van der Waals surface area contributed by atoms with Crippen molar-refractivity contribution >= 4 is 34.7 Å². The van der Waals surface area contributed by atoms with Gasteiger partial charge in [0.1, 0.15) is 5.75 Å². The first-order valence-corrected chi connectivity index (χ1v) is 11.5. The monoisotopic (exact) mass is 515 g/mol. The van der Waals surface area contributed by atoms with Crippen LogP contribution in [0.4, 0.5) is 5.69 Å². The molecule has 1 aromatic heterocycles. The first-order valence-electron chi connectivity index (χ1n) is 11.5. The summed E-state index contributed by atoms with van der Waals surface area (Å²) in [5, 5.41) is 9.59. The molecule has 0 aliphatic heterocycles. The molecule has 0 fully saturated rings. The summed E-state index contributed by atoms with van der Waals surface area (Å²) in [6.45, 7) is 4.36. The summed E-state index contributed by atoms with van der Waals surface area (Å²) in [7, 11) is 2.54. The van der Waals surface area contributed by atoms with Crippen LogP contribution in [0.3, 0.4) is 0 Å². The molecule has 0 radical (unpaired) electrons. The van der Waals surface area contributed by atoms with Crippen molar-refractivity contribution in [3.05, 3.63) is 82.4 Å². The van der Waals surface area contributed by atoms with E-state index in [1.165, 1.54) is 34.1 Å². The maximum absolute atomic E-state index is 13.4. The van der Waals surface area contributed by atoms with E-state index in [-0.39, 0.29) is 34.0 Å². The first-order chi connectivity index (χ1) is 18.2. The molecule has 10 nitrogen and oxygen atoms in total. The number of aromatic nitrogens is 2. The number of ketones is 2. The highest BCUT2D eigenvalue weighted by atomic mass is 16.5. The highest BCUT2D eigenvalue weighted by molar-refractivity contribution is 6.38. The number of carbonyl (C=O) groups is 4. The maximum atomic E-state index is 13.4. The second-order valence-corrected chi connectivity index (χ2v) is 8.49. The number of hydrogen-bond donors (Lipinski definition) is 2. The van der Waals surface area contributed by atoms with Crippen LogP contribution < -0.4 is 10.1 Å². The molecular weight excluding hydrogens is 490 g/mol. The van der Waals surface area contributed by atoms with Gasteiger partial charge in [-0.05, 0) is 60.9 Å². The molecule has 0 spiro atoms. The van der Waals surface area contributed by atoms with E-state index in [2.05, 4.69) is 15.5 Å². The third kappa shape index (κ3) is 4.83. The van der Waals surface area contributed by atoms with Crippen molar-refractivity contribution in [3.8, 4) is 17.0 Å². The molecule has 0 atom stereocenters. The van der Waals surface area contributed by atoms with Gasteiger partial charge in [-0.25, -0.2) is 0 Å².